The average Bonchev–Trinajstić information content (AvgIpc) is 2.97. The van der Waals surface area contributed by atoms with Gasteiger partial charge in [-0.05, 0) is 37.9 Å². The Bertz CT molecular complexity index is 473. The molecule has 0 spiro atoms. The summed E-state index contributed by atoms with van der Waals surface area (Å²) < 4.78 is 0. The lowest BCUT2D eigenvalue weighted by Crippen LogP contribution is -2.56. The van der Waals surface area contributed by atoms with Crippen LogP contribution in [-0.4, -0.2) is 34.7 Å². The highest BCUT2D eigenvalue weighted by atomic mass is 16.3. The predicted octanol–water partition coefficient (Wildman–Crippen LogP) is 2.55. The SMILES string of the molecule is O[C@H]1C=CC=CC1(Cc1ccccc1)N1CCCC1. The molecule has 1 unspecified atom stereocenters. The summed E-state index contributed by atoms with van der Waals surface area (Å²) in [6, 6.07) is 10.5. The lowest BCUT2D eigenvalue weighted by Gasteiger charge is -2.43. The molecule has 1 fully saturated rings. The van der Waals surface area contributed by atoms with E-state index >= 15 is 0 Å². The van der Waals surface area contributed by atoms with Gasteiger partial charge in [0.1, 0.15) is 0 Å². The molecule has 3 rings (SSSR count). The highest BCUT2D eigenvalue weighted by Crippen LogP contribution is 2.33. The van der Waals surface area contributed by atoms with Crippen LogP contribution in [0.15, 0.2) is 54.6 Å². The molecule has 0 radical (unpaired) electrons. The maximum Gasteiger partial charge on any atom is 0.0946 e. The number of likely N-dealkylation sites (tertiary alicyclic amines) is 1. The van der Waals surface area contributed by atoms with Crippen molar-refractivity contribution in [3.8, 4) is 0 Å². The maximum atomic E-state index is 10.6. The van der Waals surface area contributed by atoms with Crippen LogP contribution >= 0.6 is 0 Å². The molecule has 1 aromatic rings. The minimum absolute atomic E-state index is 0.257. The van der Waals surface area contributed by atoms with Crippen LogP contribution in [0.25, 0.3) is 0 Å². The number of hydrogen-bond acceptors (Lipinski definition) is 2. The van der Waals surface area contributed by atoms with Gasteiger partial charge in [-0.25, -0.2) is 0 Å². The van der Waals surface area contributed by atoms with Crippen molar-refractivity contribution in [2.24, 2.45) is 0 Å². The molecule has 0 aromatic heterocycles. The van der Waals surface area contributed by atoms with E-state index in [1.165, 1.54) is 18.4 Å². The Morgan fingerprint density at radius 1 is 1.11 bits per heavy atom. The van der Waals surface area contributed by atoms with Crippen LogP contribution < -0.4 is 0 Å². The van der Waals surface area contributed by atoms with Gasteiger partial charge in [-0.15, -0.1) is 0 Å². The van der Waals surface area contributed by atoms with E-state index in [0.717, 1.165) is 19.5 Å². The predicted molar refractivity (Wildman–Crippen MR) is 78.0 cm³/mol. The van der Waals surface area contributed by atoms with Crippen LogP contribution in [0.5, 0.6) is 0 Å². The second-order valence-electron chi connectivity index (χ2n) is 5.54. The van der Waals surface area contributed by atoms with Crippen molar-refractivity contribution in [2.45, 2.75) is 30.9 Å². The van der Waals surface area contributed by atoms with Gasteiger partial charge in [0.15, 0.2) is 0 Å². The molecular formula is C17H21NO. The van der Waals surface area contributed by atoms with Crippen LogP contribution in [0.2, 0.25) is 0 Å². The first kappa shape index (κ1) is 12.6. The smallest absolute Gasteiger partial charge is 0.0946 e. The standard InChI is InChI=1S/C17H21NO/c19-16-10-4-5-11-17(16,18-12-6-7-13-18)14-15-8-2-1-3-9-15/h1-5,8-11,16,19H,6-7,12-14H2/t16-,17?/m0/s1. The van der Waals surface area contributed by atoms with Gasteiger partial charge in [0.25, 0.3) is 0 Å². The summed E-state index contributed by atoms with van der Waals surface area (Å²) in [7, 11) is 0. The van der Waals surface area contributed by atoms with E-state index in [-0.39, 0.29) is 5.54 Å². The first-order valence-electron chi connectivity index (χ1n) is 7.14. The molecule has 0 bridgehead atoms. The summed E-state index contributed by atoms with van der Waals surface area (Å²) in [5, 5.41) is 10.6. The van der Waals surface area contributed by atoms with Gasteiger partial charge in [0.2, 0.25) is 0 Å². The van der Waals surface area contributed by atoms with Crippen molar-refractivity contribution in [1.29, 1.82) is 0 Å². The number of allylic oxidation sites excluding steroid dienone is 2. The zero-order chi connectivity index (χ0) is 13.1. The van der Waals surface area contributed by atoms with Gasteiger partial charge in [0, 0.05) is 0 Å². The molecule has 1 aliphatic carbocycles. The quantitative estimate of drug-likeness (QED) is 0.897. The van der Waals surface area contributed by atoms with Gasteiger partial charge in [-0.1, -0.05) is 54.6 Å². The lowest BCUT2D eigenvalue weighted by atomic mass is 9.81. The molecule has 1 N–H and O–H groups in total. The van der Waals surface area contributed by atoms with E-state index < -0.39 is 6.10 Å². The van der Waals surface area contributed by atoms with E-state index in [1.807, 2.05) is 18.2 Å². The molecule has 0 saturated carbocycles. The highest BCUT2D eigenvalue weighted by molar-refractivity contribution is 5.31. The topological polar surface area (TPSA) is 23.5 Å². The van der Waals surface area contributed by atoms with Crippen LogP contribution in [0.4, 0.5) is 0 Å². The third-order valence-electron chi connectivity index (χ3n) is 4.33. The van der Waals surface area contributed by atoms with Crippen molar-refractivity contribution in [3.63, 3.8) is 0 Å². The number of aliphatic hydroxyl groups is 1. The van der Waals surface area contributed by atoms with Crippen LogP contribution in [0.3, 0.4) is 0 Å². The fraction of sp³-hybridized carbons (Fsp3) is 0.412. The average molecular weight is 255 g/mol. The molecule has 19 heavy (non-hydrogen) atoms. The summed E-state index contributed by atoms with van der Waals surface area (Å²) in [5.41, 5.74) is 1.03. The van der Waals surface area contributed by atoms with Crippen molar-refractivity contribution in [1.82, 2.24) is 4.90 Å². The van der Waals surface area contributed by atoms with E-state index in [4.69, 9.17) is 0 Å². The number of benzene rings is 1. The molecule has 1 heterocycles. The number of rotatable bonds is 3. The van der Waals surface area contributed by atoms with Crippen molar-refractivity contribution in [3.05, 3.63) is 60.2 Å². The number of hydrogen-bond donors (Lipinski definition) is 1. The van der Waals surface area contributed by atoms with E-state index in [2.05, 4.69) is 41.3 Å². The summed E-state index contributed by atoms with van der Waals surface area (Å²) in [5.74, 6) is 0. The summed E-state index contributed by atoms with van der Waals surface area (Å²) in [6.07, 6.45) is 11.1. The Morgan fingerprint density at radius 3 is 2.53 bits per heavy atom. The first-order chi connectivity index (χ1) is 9.31. The second-order valence-corrected chi connectivity index (χ2v) is 5.54. The number of nitrogens with zero attached hydrogens (tertiary/aromatic N) is 1. The number of aliphatic hydroxyl groups excluding tert-OH is 1. The Balaban J connectivity index is 1.92. The molecule has 1 saturated heterocycles. The van der Waals surface area contributed by atoms with Crippen LogP contribution in [-0.2, 0) is 6.42 Å². The summed E-state index contributed by atoms with van der Waals surface area (Å²) in [6.45, 7) is 2.17. The minimum Gasteiger partial charge on any atom is -0.387 e. The van der Waals surface area contributed by atoms with E-state index in [1.54, 1.807) is 0 Å². The fourth-order valence-corrected chi connectivity index (χ4v) is 3.28. The molecule has 2 atom stereocenters. The Morgan fingerprint density at radius 2 is 1.84 bits per heavy atom. The van der Waals surface area contributed by atoms with Crippen LogP contribution in [0, 0.1) is 0 Å². The van der Waals surface area contributed by atoms with Crippen molar-refractivity contribution < 1.29 is 5.11 Å². The molecule has 2 heteroatoms. The molecule has 2 nitrogen and oxygen atoms in total. The molecule has 1 aromatic carbocycles. The molecule has 1 aliphatic heterocycles. The summed E-state index contributed by atoms with van der Waals surface area (Å²) >= 11 is 0. The van der Waals surface area contributed by atoms with Gasteiger partial charge in [-0.2, -0.15) is 0 Å². The minimum atomic E-state index is -0.421. The molecule has 100 valence electrons. The van der Waals surface area contributed by atoms with Crippen molar-refractivity contribution in [2.75, 3.05) is 13.1 Å². The Hall–Kier alpha value is -1.38. The van der Waals surface area contributed by atoms with E-state index in [0.29, 0.717) is 0 Å². The zero-order valence-electron chi connectivity index (χ0n) is 11.2. The van der Waals surface area contributed by atoms with Crippen molar-refractivity contribution >= 4 is 0 Å². The molecule has 2 aliphatic rings. The zero-order valence-corrected chi connectivity index (χ0v) is 11.2. The third-order valence-corrected chi connectivity index (χ3v) is 4.33. The Labute approximate surface area is 115 Å². The Kier molecular flexibility index (Phi) is 3.54. The summed E-state index contributed by atoms with van der Waals surface area (Å²) in [4.78, 5) is 2.45. The first-order valence-corrected chi connectivity index (χ1v) is 7.14. The fourth-order valence-electron chi connectivity index (χ4n) is 3.28. The second kappa shape index (κ2) is 5.32. The monoisotopic (exact) mass is 255 g/mol. The lowest BCUT2D eigenvalue weighted by molar-refractivity contribution is 0.0381. The van der Waals surface area contributed by atoms with Gasteiger partial charge in [-0.3, -0.25) is 4.90 Å². The van der Waals surface area contributed by atoms with Gasteiger partial charge in [0.05, 0.1) is 11.6 Å². The normalized spacial score (nSPS) is 30.9. The third kappa shape index (κ3) is 2.38. The van der Waals surface area contributed by atoms with Crippen LogP contribution in [0.1, 0.15) is 18.4 Å². The van der Waals surface area contributed by atoms with Gasteiger partial charge < -0.3 is 5.11 Å². The van der Waals surface area contributed by atoms with E-state index in [9.17, 15) is 5.11 Å². The maximum absolute atomic E-state index is 10.6. The largest absolute Gasteiger partial charge is 0.387 e. The molecule has 0 amide bonds. The molecular weight excluding hydrogens is 234 g/mol. The van der Waals surface area contributed by atoms with Gasteiger partial charge >= 0.3 is 0 Å². The highest BCUT2D eigenvalue weighted by Gasteiger charge is 2.42.